The van der Waals surface area contributed by atoms with E-state index in [4.69, 9.17) is 9.15 Å². The first-order valence-electron chi connectivity index (χ1n) is 8.26. The van der Waals surface area contributed by atoms with Crippen LogP contribution in [-0.4, -0.2) is 35.7 Å². The number of aromatic nitrogens is 1. The predicted octanol–water partition coefficient (Wildman–Crippen LogP) is 3.46. The lowest BCUT2D eigenvalue weighted by Crippen LogP contribution is -2.45. The monoisotopic (exact) mass is 329 g/mol. The van der Waals surface area contributed by atoms with Gasteiger partial charge in [0.25, 0.3) is 0 Å². The lowest BCUT2D eigenvalue weighted by atomic mass is 10.2. The summed E-state index contributed by atoms with van der Waals surface area (Å²) in [6, 6.07) is 7.28. The number of morpholine rings is 1. The largest absolute Gasteiger partial charge is 0.464 e. The molecule has 1 saturated heterocycles. The summed E-state index contributed by atoms with van der Waals surface area (Å²) < 4.78 is 11.4. The van der Waals surface area contributed by atoms with E-state index in [0.717, 1.165) is 35.0 Å². The van der Waals surface area contributed by atoms with Gasteiger partial charge in [-0.3, -0.25) is 4.98 Å². The van der Waals surface area contributed by atoms with Gasteiger partial charge in [0.1, 0.15) is 17.6 Å². The van der Waals surface area contributed by atoms with Crippen LogP contribution in [0.5, 0.6) is 0 Å². The Hall–Kier alpha value is -2.34. The summed E-state index contributed by atoms with van der Waals surface area (Å²) in [4.78, 5) is 18.9. The molecule has 0 radical (unpaired) electrons. The Morgan fingerprint density at radius 3 is 2.88 bits per heavy atom. The number of furan rings is 1. The lowest BCUT2D eigenvalue weighted by Gasteiger charge is -2.34. The summed E-state index contributed by atoms with van der Waals surface area (Å²) in [5, 5.41) is 2.95. The van der Waals surface area contributed by atoms with E-state index in [0.29, 0.717) is 19.8 Å². The molecule has 1 N–H and O–H groups in total. The van der Waals surface area contributed by atoms with Crippen molar-refractivity contribution in [2.75, 3.05) is 25.1 Å². The fourth-order valence-corrected chi connectivity index (χ4v) is 2.85. The van der Waals surface area contributed by atoms with Gasteiger partial charge in [-0.05, 0) is 38.1 Å². The van der Waals surface area contributed by atoms with Crippen LogP contribution in [0.3, 0.4) is 0 Å². The Morgan fingerprint density at radius 2 is 2.17 bits per heavy atom. The topological polar surface area (TPSA) is 67.6 Å². The Bertz CT molecular complexity index is 726. The van der Waals surface area contributed by atoms with Gasteiger partial charge in [-0.2, -0.15) is 0 Å². The molecule has 2 aromatic rings. The molecule has 1 atom stereocenters. The van der Waals surface area contributed by atoms with Crippen molar-refractivity contribution >= 4 is 11.7 Å². The molecule has 0 bridgehead atoms. The van der Waals surface area contributed by atoms with Crippen LogP contribution in [0.4, 0.5) is 10.5 Å². The third kappa shape index (κ3) is 3.43. The Morgan fingerprint density at radius 1 is 1.33 bits per heavy atom. The number of hydrogen-bond acceptors (Lipinski definition) is 4. The van der Waals surface area contributed by atoms with E-state index in [9.17, 15) is 4.79 Å². The molecule has 1 fully saturated rings. The summed E-state index contributed by atoms with van der Waals surface area (Å²) in [5.74, 6) is 1.68. The van der Waals surface area contributed by atoms with E-state index < -0.39 is 0 Å². The van der Waals surface area contributed by atoms with Crippen molar-refractivity contribution in [3.8, 4) is 0 Å². The first-order valence-corrected chi connectivity index (χ1v) is 8.26. The second-order valence-corrected chi connectivity index (χ2v) is 5.96. The summed E-state index contributed by atoms with van der Waals surface area (Å²) in [5.41, 5.74) is 2.46. The number of pyridine rings is 1. The van der Waals surface area contributed by atoms with Crippen molar-refractivity contribution in [1.82, 2.24) is 9.88 Å². The maximum absolute atomic E-state index is 12.8. The molecule has 1 aliphatic heterocycles. The smallest absolute Gasteiger partial charge is 0.322 e. The number of carbonyl (C=O) groups excluding carboxylic acids is 1. The van der Waals surface area contributed by atoms with Crippen molar-refractivity contribution in [3.05, 3.63) is 47.2 Å². The van der Waals surface area contributed by atoms with Gasteiger partial charge in [-0.15, -0.1) is 0 Å². The summed E-state index contributed by atoms with van der Waals surface area (Å²) in [6.45, 7) is 7.35. The first kappa shape index (κ1) is 16.5. The van der Waals surface area contributed by atoms with Gasteiger partial charge in [0.05, 0.1) is 24.6 Å². The second kappa shape index (κ2) is 7.05. The van der Waals surface area contributed by atoms with E-state index in [1.165, 1.54) is 0 Å². The second-order valence-electron chi connectivity index (χ2n) is 5.96. The molecule has 0 aromatic carbocycles. The van der Waals surface area contributed by atoms with Gasteiger partial charge < -0.3 is 19.4 Å². The number of nitrogens with one attached hydrogen (secondary N) is 1. The van der Waals surface area contributed by atoms with Crippen LogP contribution < -0.4 is 5.32 Å². The fraction of sp³-hybridized carbons (Fsp3) is 0.444. The summed E-state index contributed by atoms with van der Waals surface area (Å²) >= 11 is 0. The number of amides is 2. The minimum atomic E-state index is -0.210. The highest BCUT2D eigenvalue weighted by molar-refractivity contribution is 5.90. The zero-order chi connectivity index (χ0) is 17.1. The maximum atomic E-state index is 12.8. The molecule has 2 aromatic heterocycles. The third-order valence-electron chi connectivity index (χ3n) is 4.22. The lowest BCUT2D eigenvalue weighted by molar-refractivity contribution is 0.00701. The van der Waals surface area contributed by atoms with E-state index in [-0.39, 0.29) is 12.1 Å². The molecule has 0 saturated carbocycles. The normalized spacial score (nSPS) is 17.8. The number of anilines is 1. The van der Waals surface area contributed by atoms with Crippen LogP contribution in [0, 0.1) is 13.8 Å². The number of hydrogen-bond donors (Lipinski definition) is 1. The zero-order valence-corrected chi connectivity index (χ0v) is 14.3. The van der Waals surface area contributed by atoms with Crippen LogP contribution in [-0.2, 0) is 11.2 Å². The molecule has 0 spiro atoms. The molecule has 0 unspecified atom stereocenters. The number of rotatable bonds is 3. The molecule has 3 rings (SSSR count). The molecule has 3 heterocycles. The average molecular weight is 329 g/mol. The van der Waals surface area contributed by atoms with Gasteiger partial charge in [0.15, 0.2) is 0 Å². The van der Waals surface area contributed by atoms with Crippen LogP contribution >= 0.6 is 0 Å². The number of ether oxygens (including phenoxy) is 1. The van der Waals surface area contributed by atoms with Gasteiger partial charge in [-0.25, -0.2) is 4.79 Å². The van der Waals surface area contributed by atoms with Crippen LogP contribution in [0.25, 0.3) is 0 Å². The highest BCUT2D eigenvalue weighted by atomic mass is 16.5. The maximum Gasteiger partial charge on any atom is 0.322 e. The Labute approximate surface area is 141 Å². The number of aryl methyl sites for hydroxylation is 3. The number of urea groups is 1. The Kier molecular flexibility index (Phi) is 4.85. The SMILES string of the molecule is CCc1ccc([C@H]2COCCN2C(=O)Nc2ccc(C)nc2C)o1. The van der Waals surface area contributed by atoms with Crippen molar-refractivity contribution < 1.29 is 13.9 Å². The summed E-state index contributed by atoms with van der Waals surface area (Å²) in [7, 11) is 0. The quantitative estimate of drug-likeness (QED) is 0.936. The zero-order valence-electron chi connectivity index (χ0n) is 14.3. The van der Waals surface area contributed by atoms with Crippen LogP contribution in [0.2, 0.25) is 0 Å². The molecule has 6 nitrogen and oxygen atoms in total. The minimum absolute atomic E-state index is 0.161. The first-order chi connectivity index (χ1) is 11.6. The number of nitrogens with zero attached hydrogens (tertiary/aromatic N) is 2. The molecule has 1 aliphatic rings. The molecule has 6 heteroatoms. The molecular formula is C18H23N3O3. The predicted molar refractivity (Wildman–Crippen MR) is 91.1 cm³/mol. The fourth-order valence-electron chi connectivity index (χ4n) is 2.85. The summed E-state index contributed by atoms with van der Waals surface area (Å²) in [6.07, 6.45) is 0.827. The third-order valence-corrected chi connectivity index (χ3v) is 4.22. The number of carbonyl (C=O) groups is 1. The van der Waals surface area contributed by atoms with Crippen molar-refractivity contribution in [2.45, 2.75) is 33.2 Å². The van der Waals surface area contributed by atoms with Crippen LogP contribution in [0.15, 0.2) is 28.7 Å². The van der Waals surface area contributed by atoms with Gasteiger partial charge in [0.2, 0.25) is 0 Å². The van der Waals surface area contributed by atoms with E-state index in [1.54, 1.807) is 4.90 Å². The van der Waals surface area contributed by atoms with Crippen molar-refractivity contribution in [1.29, 1.82) is 0 Å². The van der Waals surface area contributed by atoms with Crippen molar-refractivity contribution in [2.24, 2.45) is 0 Å². The molecule has 2 amide bonds. The van der Waals surface area contributed by atoms with E-state index in [1.807, 2.05) is 45.0 Å². The van der Waals surface area contributed by atoms with E-state index in [2.05, 4.69) is 10.3 Å². The molecule has 24 heavy (non-hydrogen) atoms. The highest BCUT2D eigenvalue weighted by Gasteiger charge is 2.31. The van der Waals surface area contributed by atoms with Crippen LogP contribution in [0.1, 0.15) is 35.9 Å². The minimum Gasteiger partial charge on any atom is -0.464 e. The highest BCUT2D eigenvalue weighted by Crippen LogP contribution is 2.27. The average Bonchev–Trinajstić information content (AvgIpc) is 3.06. The van der Waals surface area contributed by atoms with Crippen molar-refractivity contribution in [3.63, 3.8) is 0 Å². The molecular weight excluding hydrogens is 306 g/mol. The van der Waals surface area contributed by atoms with Gasteiger partial charge >= 0.3 is 6.03 Å². The van der Waals surface area contributed by atoms with E-state index >= 15 is 0 Å². The van der Waals surface area contributed by atoms with Gasteiger partial charge in [0, 0.05) is 18.7 Å². The molecule has 128 valence electrons. The standard InChI is InChI=1S/C18H23N3O3/c1-4-14-6-8-17(24-14)16-11-23-10-9-21(16)18(22)20-15-7-5-12(2)19-13(15)3/h5-8,16H,4,9-11H2,1-3H3,(H,20,22)/t16-/m1/s1. The molecule has 0 aliphatic carbocycles. The Balaban J connectivity index is 1.78. The van der Waals surface area contributed by atoms with Gasteiger partial charge in [-0.1, -0.05) is 6.92 Å².